The van der Waals surface area contributed by atoms with E-state index in [0.29, 0.717) is 17.2 Å². The molecule has 0 spiro atoms. The molecule has 0 aliphatic rings. The van der Waals surface area contributed by atoms with Gasteiger partial charge >= 0.3 is 0 Å². The van der Waals surface area contributed by atoms with Crippen molar-refractivity contribution in [1.82, 2.24) is 0 Å². The van der Waals surface area contributed by atoms with Gasteiger partial charge in [-0.15, -0.1) is 0 Å². The lowest BCUT2D eigenvalue weighted by atomic mass is 9.95. The summed E-state index contributed by atoms with van der Waals surface area (Å²) in [6, 6.07) is 11.4. The first-order valence-corrected chi connectivity index (χ1v) is 6.72. The summed E-state index contributed by atoms with van der Waals surface area (Å²) >= 11 is 0. The smallest absolute Gasteiger partial charge is 0.196 e. The third-order valence-corrected chi connectivity index (χ3v) is 3.59. The molecule has 0 aliphatic carbocycles. The number of benzene rings is 2. The van der Waals surface area contributed by atoms with Gasteiger partial charge in [0.15, 0.2) is 5.78 Å². The largest absolute Gasteiger partial charge is 0.399 e. The second-order valence-corrected chi connectivity index (χ2v) is 5.00. The summed E-state index contributed by atoms with van der Waals surface area (Å²) in [7, 11) is 0. The van der Waals surface area contributed by atoms with Crippen LogP contribution in [0.3, 0.4) is 0 Å². The lowest BCUT2D eigenvalue weighted by Crippen LogP contribution is -2.05. The van der Waals surface area contributed by atoms with Gasteiger partial charge in [-0.25, -0.2) is 4.39 Å². The van der Waals surface area contributed by atoms with Gasteiger partial charge in [0.1, 0.15) is 5.82 Å². The van der Waals surface area contributed by atoms with Crippen LogP contribution in [0.4, 0.5) is 10.1 Å². The van der Waals surface area contributed by atoms with Crippen LogP contribution in [0.15, 0.2) is 42.5 Å². The summed E-state index contributed by atoms with van der Waals surface area (Å²) in [5.74, 6) is -0.441. The van der Waals surface area contributed by atoms with Crippen LogP contribution in [-0.2, 0) is 0 Å². The fourth-order valence-electron chi connectivity index (χ4n) is 2.07. The highest BCUT2D eigenvalue weighted by Crippen LogP contribution is 2.21. The van der Waals surface area contributed by atoms with Crippen molar-refractivity contribution in [3.63, 3.8) is 0 Å². The summed E-state index contributed by atoms with van der Waals surface area (Å²) in [4.78, 5) is 12.3. The van der Waals surface area contributed by atoms with Gasteiger partial charge in [-0.3, -0.25) is 4.79 Å². The van der Waals surface area contributed by atoms with Gasteiger partial charge in [-0.2, -0.15) is 0 Å². The average Bonchev–Trinajstić information content (AvgIpc) is 2.48. The van der Waals surface area contributed by atoms with Crippen molar-refractivity contribution in [2.24, 2.45) is 0 Å². The minimum absolute atomic E-state index is 0.0151. The number of hydrogen-bond donors (Lipinski definition) is 1. The van der Waals surface area contributed by atoms with E-state index < -0.39 is 5.82 Å². The summed E-state index contributed by atoms with van der Waals surface area (Å²) in [5.41, 5.74) is 7.65. The van der Waals surface area contributed by atoms with Crippen molar-refractivity contribution in [3.8, 4) is 0 Å². The Labute approximate surface area is 118 Å². The molecule has 0 amide bonds. The van der Waals surface area contributed by atoms with Gasteiger partial charge in [0.25, 0.3) is 0 Å². The molecular formula is C17H18FNO. The van der Waals surface area contributed by atoms with E-state index in [1.165, 1.54) is 23.8 Å². The number of hydrogen-bond acceptors (Lipinski definition) is 2. The topological polar surface area (TPSA) is 43.1 Å². The van der Waals surface area contributed by atoms with Crippen molar-refractivity contribution >= 4 is 11.5 Å². The maximum absolute atomic E-state index is 13.7. The van der Waals surface area contributed by atoms with Crippen LogP contribution < -0.4 is 5.73 Å². The Hall–Kier alpha value is -2.16. The Morgan fingerprint density at radius 2 is 1.85 bits per heavy atom. The van der Waals surface area contributed by atoms with Crippen molar-refractivity contribution in [1.29, 1.82) is 0 Å². The van der Waals surface area contributed by atoms with E-state index in [1.54, 1.807) is 12.1 Å². The Morgan fingerprint density at radius 3 is 2.45 bits per heavy atom. The normalized spacial score (nSPS) is 12.2. The number of ketones is 1. The Bertz CT molecular complexity index is 619. The van der Waals surface area contributed by atoms with Crippen LogP contribution in [0.2, 0.25) is 0 Å². The van der Waals surface area contributed by atoms with Crippen LogP contribution in [0.5, 0.6) is 0 Å². The highest BCUT2D eigenvalue weighted by Gasteiger charge is 2.14. The van der Waals surface area contributed by atoms with Crippen LogP contribution in [0.1, 0.15) is 47.7 Å². The molecule has 0 heterocycles. The quantitative estimate of drug-likeness (QED) is 0.670. The predicted octanol–water partition coefficient (Wildman–Crippen LogP) is 4.15. The molecule has 1 unspecified atom stereocenters. The van der Waals surface area contributed by atoms with E-state index in [9.17, 15) is 9.18 Å². The predicted molar refractivity (Wildman–Crippen MR) is 79.4 cm³/mol. The zero-order valence-electron chi connectivity index (χ0n) is 11.7. The zero-order chi connectivity index (χ0) is 14.7. The Kier molecular flexibility index (Phi) is 4.18. The van der Waals surface area contributed by atoms with Crippen molar-refractivity contribution in [2.75, 3.05) is 5.73 Å². The molecule has 0 aliphatic heterocycles. The number of anilines is 1. The molecular weight excluding hydrogens is 253 g/mol. The standard InChI is InChI=1S/C17H18FNO/c1-3-11(2)12-4-6-13(7-5-12)17(20)15-10-14(19)8-9-16(15)18/h4-11H,3,19H2,1-2H3. The number of nitrogen functional groups attached to an aromatic ring is 1. The van der Waals surface area contributed by atoms with Crippen molar-refractivity contribution in [3.05, 3.63) is 65.0 Å². The Balaban J connectivity index is 2.32. The minimum atomic E-state index is -0.546. The van der Waals surface area contributed by atoms with Crippen LogP contribution in [0, 0.1) is 5.82 Å². The summed E-state index contributed by atoms with van der Waals surface area (Å²) in [5, 5.41) is 0. The molecule has 2 aromatic rings. The molecule has 2 rings (SSSR count). The fraction of sp³-hybridized carbons (Fsp3) is 0.235. The van der Waals surface area contributed by atoms with E-state index in [4.69, 9.17) is 5.73 Å². The molecule has 2 N–H and O–H groups in total. The van der Waals surface area contributed by atoms with Crippen LogP contribution in [0.25, 0.3) is 0 Å². The molecule has 104 valence electrons. The average molecular weight is 271 g/mol. The molecule has 3 heteroatoms. The lowest BCUT2D eigenvalue weighted by molar-refractivity contribution is 0.103. The SMILES string of the molecule is CCC(C)c1ccc(C(=O)c2cc(N)ccc2F)cc1. The minimum Gasteiger partial charge on any atom is -0.399 e. The number of halogens is 1. The lowest BCUT2D eigenvalue weighted by Gasteiger charge is -2.10. The van der Waals surface area contributed by atoms with Gasteiger partial charge in [0.05, 0.1) is 5.56 Å². The number of rotatable bonds is 4. The molecule has 2 aromatic carbocycles. The number of nitrogens with two attached hydrogens (primary N) is 1. The van der Waals surface area contributed by atoms with Crippen LogP contribution >= 0.6 is 0 Å². The molecule has 0 aromatic heterocycles. The summed E-state index contributed by atoms with van der Waals surface area (Å²) in [6.45, 7) is 4.25. The van der Waals surface area contributed by atoms with E-state index in [0.717, 1.165) is 6.42 Å². The zero-order valence-corrected chi connectivity index (χ0v) is 11.7. The second-order valence-electron chi connectivity index (χ2n) is 5.00. The highest BCUT2D eigenvalue weighted by molar-refractivity contribution is 6.09. The molecule has 0 bridgehead atoms. The van der Waals surface area contributed by atoms with E-state index in [1.807, 2.05) is 12.1 Å². The second kappa shape index (κ2) is 5.87. The fourth-order valence-corrected chi connectivity index (χ4v) is 2.07. The molecule has 0 fully saturated rings. The van der Waals surface area contributed by atoms with Crippen molar-refractivity contribution < 1.29 is 9.18 Å². The maximum Gasteiger partial charge on any atom is 0.196 e. The number of carbonyl (C=O) groups excluding carboxylic acids is 1. The highest BCUT2D eigenvalue weighted by atomic mass is 19.1. The third-order valence-electron chi connectivity index (χ3n) is 3.59. The first-order chi connectivity index (χ1) is 9.52. The molecule has 0 radical (unpaired) electrons. The maximum atomic E-state index is 13.7. The number of carbonyl (C=O) groups is 1. The molecule has 20 heavy (non-hydrogen) atoms. The van der Waals surface area contributed by atoms with E-state index >= 15 is 0 Å². The third kappa shape index (κ3) is 2.87. The van der Waals surface area contributed by atoms with Gasteiger partial charge in [0, 0.05) is 11.3 Å². The molecule has 2 nitrogen and oxygen atoms in total. The monoisotopic (exact) mass is 271 g/mol. The molecule has 0 saturated carbocycles. The van der Waals surface area contributed by atoms with E-state index in [-0.39, 0.29) is 11.3 Å². The first-order valence-electron chi connectivity index (χ1n) is 6.72. The van der Waals surface area contributed by atoms with Gasteiger partial charge in [0.2, 0.25) is 0 Å². The van der Waals surface area contributed by atoms with Gasteiger partial charge in [-0.05, 0) is 36.1 Å². The van der Waals surface area contributed by atoms with E-state index in [2.05, 4.69) is 13.8 Å². The van der Waals surface area contributed by atoms with Crippen molar-refractivity contribution in [2.45, 2.75) is 26.2 Å². The molecule has 1 atom stereocenters. The van der Waals surface area contributed by atoms with Crippen LogP contribution in [-0.4, -0.2) is 5.78 Å². The summed E-state index contributed by atoms with van der Waals surface area (Å²) in [6.07, 6.45) is 1.04. The molecule has 0 saturated heterocycles. The van der Waals surface area contributed by atoms with Gasteiger partial charge in [-0.1, -0.05) is 38.1 Å². The summed E-state index contributed by atoms with van der Waals surface area (Å²) < 4.78 is 13.7. The van der Waals surface area contributed by atoms with Gasteiger partial charge < -0.3 is 5.73 Å². The first kappa shape index (κ1) is 14.3. The Morgan fingerprint density at radius 1 is 1.20 bits per heavy atom.